The minimum atomic E-state index is -3.94. The molecule has 0 aromatic heterocycles. The summed E-state index contributed by atoms with van der Waals surface area (Å²) < 4.78 is 42.7. The van der Waals surface area contributed by atoms with E-state index in [1.807, 2.05) is 0 Å². The van der Waals surface area contributed by atoms with Crippen molar-refractivity contribution in [3.63, 3.8) is 0 Å². The fraction of sp³-hybridized carbons (Fsp3) is 0.810. The van der Waals surface area contributed by atoms with E-state index in [9.17, 15) is 8.42 Å². The van der Waals surface area contributed by atoms with Crippen LogP contribution in [-0.4, -0.2) is 62.6 Å². The normalized spacial score (nSPS) is 11.9. The van der Waals surface area contributed by atoms with Crippen LogP contribution in [0.1, 0.15) is 64.7 Å². The van der Waals surface area contributed by atoms with Gasteiger partial charge < -0.3 is 14.0 Å². The van der Waals surface area contributed by atoms with E-state index >= 15 is 0 Å². The van der Waals surface area contributed by atoms with Gasteiger partial charge in [-0.05, 0) is 12.8 Å². The van der Waals surface area contributed by atoms with Gasteiger partial charge in [0.15, 0.2) is 0 Å². The molecule has 7 heteroatoms. The number of hydrogen-bond donors (Lipinski definition) is 1. The third-order valence-corrected chi connectivity index (χ3v) is 5.93. The summed E-state index contributed by atoms with van der Waals surface area (Å²) in [5, 5.41) is 0. The van der Waals surface area contributed by atoms with Crippen LogP contribution in [0, 0.1) is 0 Å². The lowest BCUT2D eigenvalue weighted by Gasteiger charge is -2.38. The minimum Gasteiger partial charge on any atom is -0.496 e. The van der Waals surface area contributed by atoms with Gasteiger partial charge in [0, 0.05) is 6.42 Å². The molecule has 166 valence electrons. The Kier molecular flexibility index (Phi) is 16.2. The molecule has 0 aliphatic carbocycles. The molecule has 0 heterocycles. The van der Waals surface area contributed by atoms with Crippen LogP contribution < -0.4 is 0 Å². The first kappa shape index (κ1) is 27.0. The smallest absolute Gasteiger partial charge is 0.265 e. The molecule has 0 spiro atoms. The molecule has 0 saturated carbocycles. The van der Waals surface area contributed by atoms with Crippen LogP contribution in [0.4, 0.5) is 0 Å². The fourth-order valence-electron chi connectivity index (χ4n) is 3.49. The zero-order valence-electron chi connectivity index (χ0n) is 17.8. The van der Waals surface area contributed by atoms with Crippen molar-refractivity contribution in [2.24, 2.45) is 0 Å². The molecule has 0 atom stereocenters. The molecule has 0 bridgehead atoms. The summed E-state index contributed by atoms with van der Waals surface area (Å²) in [6.07, 6.45) is 13.3. The average molecular weight is 421 g/mol. The average Bonchev–Trinajstić information content (AvgIpc) is 2.63. The van der Waals surface area contributed by atoms with Gasteiger partial charge in [-0.25, -0.2) is 0 Å². The quantitative estimate of drug-likeness (QED) is 0.128. The molecule has 0 unspecified atom stereocenters. The van der Waals surface area contributed by atoms with Gasteiger partial charge in [0.2, 0.25) is 0 Å². The van der Waals surface area contributed by atoms with E-state index < -0.39 is 10.1 Å². The van der Waals surface area contributed by atoms with Crippen molar-refractivity contribution in [1.82, 2.24) is 0 Å². The standard InChI is InChI=1S/C21H41NO5S/c1-4-7-8-9-10-11-12-13-15-22(17-19-26-5-2,18-20-27-6-3)16-14-21-28(23,24)25/h5-6H,2-4,7-21H2,1H3/p+1. The number of ether oxygens (including phenoxy) is 2. The molecule has 1 N–H and O–H groups in total. The maximum Gasteiger partial charge on any atom is 0.265 e. The van der Waals surface area contributed by atoms with Crippen molar-refractivity contribution in [2.45, 2.75) is 64.7 Å². The Morgan fingerprint density at radius 3 is 1.71 bits per heavy atom. The summed E-state index contributed by atoms with van der Waals surface area (Å²) in [4.78, 5) is 0. The third-order valence-electron chi connectivity index (χ3n) is 5.12. The van der Waals surface area contributed by atoms with Crippen molar-refractivity contribution < 1.29 is 26.9 Å². The molecule has 0 aromatic carbocycles. The first-order valence-electron chi connectivity index (χ1n) is 10.6. The van der Waals surface area contributed by atoms with E-state index in [0.717, 1.165) is 26.1 Å². The largest absolute Gasteiger partial charge is 0.496 e. The summed E-state index contributed by atoms with van der Waals surface area (Å²) in [6, 6.07) is 0. The van der Waals surface area contributed by atoms with E-state index in [0.29, 0.717) is 30.7 Å². The number of unbranched alkanes of at least 4 members (excludes halogenated alkanes) is 7. The first-order chi connectivity index (χ1) is 13.4. The highest BCUT2D eigenvalue weighted by atomic mass is 32.2. The van der Waals surface area contributed by atoms with Crippen molar-refractivity contribution in [3.8, 4) is 0 Å². The predicted molar refractivity (Wildman–Crippen MR) is 116 cm³/mol. The van der Waals surface area contributed by atoms with Crippen LogP contribution in [0.3, 0.4) is 0 Å². The number of nitrogens with zero attached hydrogens (tertiary/aromatic N) is 1. The molecule has 0 radical (unpaired) electrons. The van der Waals surface area contributed by atoms with Gasteiger partial charge in [0.1, 0.15) is 26.3 Å². The molecule has 0 aromatic rings. The van der Waals surface area contributed by atoms with Crippen molar-refractivity contribution in [1.29, 1.82) is 0 Å². The maximum absolute atomic E-state index is 11.1. The van der Waals surface area contributed by atoms with Crippen molar-refractivity contribution in [3.05, 3.63) is 25.7 Å². The Morgan fingerprint density at radius 1 is 0.786 bits per heavy atom. The van der Waals surface area contributed by atoms with Gasteiger partial charge >= 0.3 is 0 Å². The lowest BCUT2D eigenvalue weighted by Crippen LogP contribution is -2.53. The van der Waals surface area contributed by atoms with Crippen LogP contribution in [-0.2, 0) is 19.6 Å². The predicted octanol–water partition coefficient (Wildman–Crippen LogP) is 4.54. The van der Waals surface area contributed by atoms with Crippen LogP contribution in [0.25, 0.3) is 0 Å². The summed E-state index contributed by atoms with van der Waals surface area (Å²) >= 11 is 0. The van der Waals surface area contributed by atoms with Crippen molar-refractivity contribution >= 4 is 10.1 Å². The van der Waals surface area contributed by atoms with Gasteiger partial charge in [-0.3, -0.25) is 4.55 Å². The summed E-state index contributed by atoms with van der Waals surface area (Å²) in [6.45, 7) is 13.6. The molecule has 0 rings (SSSR count). The molecular formula is C21H42NO5S+. The van der Waals surface area contributed by atoms with Gasteiger partial charge in [-0.2, -0.15) is 8.42 Å². The number of quaternary nitrogens is 1. The molecular weight excluding hydrogens is 378 g/mol. The van der Waals surface area contributed by atoms with Gasteiger partial charge in [-0.15, -0.1) is 0 Å². The van der Waals surface area contributed by atoms with E-state index in [1.165, 1.54) is 57.5 Å². The fourth-order valence-corrected chi connectivity index (χ4v) is 3.99. The molecule has 0 amide bonds. The number of hydrogen-bond acceptors (Lipinski definition) is 4. The van der Waals surface area contributed by atoms with Gasteiger partial charge in [-0.1, -0.05) is 58.6 Å². The van der Waals surface area contributed by atoms with Crippen LogP contribution in [0.5, 0.6) is 0 Å². The Morgan fingerprint density at radius 2 is 1.25 bits per heavy atom. The molecule has 6 nitrogen and oxygen atoms in total. The summed E-state index contributed by atoms with van der Waals surface area (Å²) in [5.41, 5.74) is 0. The second-order valence-electron chi connectivity index (χ2n) is 7.43. The Bertz CT molecular complexity index is 479. The zero-order chi connectivity index (χ0) is 21.1. The molecule has 0 fully saturated rings. The lowest BCUT2D eigenvalue weighted by molar-refractivity contribution is -0.928. The van der Waals surface area contributed by atoms with Gasteiger partial charge in [0.05, 0.1) is 31.4 Å². The first-order valence-corrected chi connectivity index (χ1v) is 12.3. The van der Waals surface area contributed by atoms with E-state index in [1.54, 1.807) is 0 Å². The second kappa shape index (κ2) is 16.9. The molecule has 0 aliphatic heterocycles. The lowest BCUT2D eigenvalue weighted by atomic mass is 10.1. The Balaban J connectivity index is 4.66. The van der Waals surface area contributed by atoms with Gasteiger partial charge in [0.25, 0.3) is 10.1 Å². The second-order valence-corrected chi connectivity index (χ2v) is 9.00. The molecule has 0 aliphatic rings. The highest BCUT2D eigenvalue weighted by Gasteiger charge is 2.27. The van der Waals surface area contributed by atoms with E-state index in [4.69, 9.17) is 14.0 Å². The molecule has 28 heavy (non-hydrogen) atoms. The molecule has 0 saturated heterocycles. The van der Waals surface area contributed by atoms with Crippen LogP contribution >= 0.6 is 0 Å². The van der Waals surface area contributed by atoms with E-state index in [2.05, 4.69) is 20.1 Å². The number of rotatable bonds is 21. The van der Waals surface area contributed by atoms with E-state index in [-0.39, 0.29) is 5.75 Å². The zero-order valence-corrected chi connectivity index (χ0v) is 18.6. The van der Waals surface area contributed by atoms with Crippen LogP contribution in [0.2, 0.25) is 0 Å². The SMILES string of the molecule is C=COCC[N+](CCCCCCCCCC)(CCCS(=O)(=O)O)CCOC=C. The third kappa shape index (κ3) is 16.0. The summed E-state index contributed by atoms with van der Waals surface area (Å²) in [5.74, 6) is -0.213. The highest BCUT2D eigenvalue weighted by molar-refractivity contribution is 7.85. The summed E-state index contributed by atoms with van der Waals surface area (Å²) in [7, 11) is -3.94. The monoisotopic (exact) mass is 420 g/mol. The Hall–Kier alpha value is -1.05. The maximum atomic E-state index is 11.1. The van der Waals surface area contributed by atoms with Crippen LogP contribution in [0.15, 0.2) is 25.7 Å². The van der Waals surface area contributed by atoms with Crippen molar-refractivity contribution in [2.75, 3.05) is 45.1 Å². The topological polar surface area (TPSA) is 72.8 Å². The Labute approximate surface area is 172 Å². The minimum absolute atomic E-state index is 0.213. The highest BCUT2D eigenvalue weighted by Crippen LogP contribution is 2.15.